The molecule has 0 heterocycles. The van der Waals surface area contributed by atoms with Crippen molar-refractivity contribution < 1.29 is 19.5 Å². The molecule has 0 aliphatic rings. The maximum absolute atomic E-state index is 12.1. The Morgan fingerprint density at radius 3 is 2.32 bits per heavy atom. The second-order valence-electron chi connectivity index (χ2n) is 5.11. The lowest BCUT2D eigenvalue weighted by Gasteiger charge is -2.14. The molecule has 3 N–H and O–H groups in total. The van der Waals surface area contributed by atoms with Gasteiger partial charge >= 0.3 is 5.97 Å². The summed E-state index contributed by atoms with van der Waals surface area (Å²) < 4.78 is 0. The van der Waals surface area contributed by atoms with Crippen LogP contribution in [-0.2, 0) is 16.1 Å². The van der Waals surface area contributed by atoms with Crippen molar-refractivity contribution in [3.05, 3.63) is 35.4 Å². The van der Waals surface area contributed by atoms with Gasteiger partial charge in [0.25, 0.3) is 5.91 Å². The summed E-state index contributed by atoms with van der Waals surface area (Å²) in [6, 6.07) is 5.82. The fourth-order valence-electron chi connectivity index (χ4n) is 1.91. The van der Waals surface area contributed by atoms with Crippen molar-refractivity contribution in [1.82, 2.24) is 10.6 Å². The molecule has 1 aromatic carbocycles. The maximum Gasteiger partial charge on any atom is 0.326 e. The van der Waals surface area contributed by atoms with Gasteiger partial charge in [0.1, 0.15) is 6.04 Å². The van der Waals surface area contributed by atoms with Crippen LogP contribution in [0.5, 0.6) is 0 Å². The number of aliphatic carboxylic acids is 1. The van der Waals surface area contributed by atoms with Crippen LogP contribution in [0.2, 0.25) is 0 Å². The lowest BCUT2D eigenvalue weighted by Crippen LogP contribution is -2.40. The third-order valence-electron chi connectivity index (χ3n) is 3.21. The molecule has 6 heteroatoms. The van der Waals surface area contributed by atoms with Crippen molar-refractivity contribution in [2.24, 2.45) is 0 Å². The van der Waals surface area contributed by atoms with Gasteiger partial charge in [0, 0.05) is 19.0 Å². The number of benzene rings is 1. The lowest BCUT2D eigenvalue weighted by molar-refractivity contribution is -0.139. The van der Waals surface area contributed by atoms with Crippen molar-refractivity contribution >= 4 is 17.8 Å². The van der Waals surface area contributed by atoms with Gasteiger partial charge in [-0.25, -0.2) is 4.79 Å². The van der Waals surface area contributed by atoms with Crippen LogP contribution in [0.4, 0.5) is 0 Å². The Morgan fingerprint density at radius 2 is 1.82 bits per heavy atom. The molecule has 0 bridgehead atoms. The average molecular weight is 306 g/mol. The van der Waals surface area contributed by atoms with Crippen LogP contribution in [0.1, 0.15) is 49.0 Å². The molecule has 22 heavy (non-hydrogen) atoms. The third kappa shape index (κ3) is 5.95. The molecule has 0 saturated heterocycles. The molecule has 0 radical (unpaired) electrons. The topological polar surface area (TPSA) is 95.5 Å². The van der Waals surface area contributed by atoms with Crippen LogP contribution in [0.25, 0.3) is 0 Å². The first-order valence-electron chi connectivity index (χ1n) is 7.31. The van der Waals surface area contributed by atoms with E-state index in [1.54, 1.807) is 24.3 Å². The molecule has 1 aromatic rings. The fourth-order valence-corrected chi connectivity index (χ4v) is 1.91. The van der Waals surface area contributed by atoms with Gasteiger partial charge in [-0.3, -0.25) is 9.59 Å². The highest BCUT2D eigenvalue weighted by molar-refractivity contribution is 5.96. The second kappa shape index (κ2) is 8.81. The van der Waals surface area contributed by atoms with E-state index in [-0.39, 0.29) is 5.91 Å². The van der Waals surface area contributed by atoms with Gasteiger partial charge in [-0.1, -0.05) is 31.9 Å². The fraction of sp³-hybridized carbons (Fsp3) is 0.438. The number of carbonyl (C=O) groups is 3. The zero-order valence-electron chi connectivity index (χ0n) is 12.9. The number of unbranched alkanes of at least 4 members (excludes halogenated alkanes) is 1. The Hall–Kier alpha value is -2.37. The molecule has 0 spiro atoms. The summed E-state index contributed by atoms with van der Waals surface area (Å²) in [7, 11) is 0. The minimum Gasteiger partial charge on any atom is -0.480 e. The highest BCUT2D eigenvalue weighted by atomic mass is 16.4. The molecular formula is C16H22N2O4. The van der Waals surface area contributed by atoms with E-state index >= 15 is 0 Å². The summed E-state index contributed by atoms with van der Waals surface area (Å²) in [5.41, 5.74) is 1.27. The van der Waals surface area contributed by atoms with Crippen LogP contribution in [0.3, 0.4) is 0 Å². The Kier molecular flexibility index (Phi) is 7.08. The van der Waals surface area contributed by atoms with Crippen LogP contribution < -0.4 is 10.6 Å². The standard InChI is InChI=1S/C16H22N2O4/c1-3-4-5-14(16(21)22)18-15(20)13-8-6-12(7-9-13)10-17-11(2)19/h6-9,14H,3-5,10H2,1-2H3,(H,17,19)(H,18,20)(H,21,22). The summed E-state index contributed by atoms with van der Waals surface area (Å²) in [6.45, 7) is 3.80. The molecule has 1 rings (SSSR count). The average Bonchev–Trinajstić information content (AvgIpc) is 2.49. The van der Waals surface area contributed by atoms with E-state index < -0.39 is 17.9 Å². The number of hydrogen-bond donors (Lipinski definition) is 3. The van der Waals surface area contributed by atoms with Crippen LogP contribution in [0, 0.1) is 0 Å². The third-order valence-corrected chi connectivity index (χ3v) is 3.21. The van der Waals surface area contributed by atoms with Crippen LogP contribution in [-0.4, -0.2) is 28.9 Å². The van der Waals surface area contributed by atoms with E-state index in [1.807, 2.05) is 6.92 Å². The number of carboxylic acid groups (broad SMARTS) is 1. The maximum atomic E-state index is 12.1. The van der Waals surface area contributed by atoms with Gasteiger partial charge in [0.05, 0.1) is 0 Å². The highest BCUT2D eigenvalue weighted by Crippen LogP contribution is 2.07. The summed E-state index contributed by atoms with van der Waals surface area (Å²) in [6.07, 6.45) is 2.03. The molecule has 0 aromatic heterocycles. The molecule has 0 aliphatic carbocycles. The Bertz CT molecular complexity index is 525. The largest absolute Gasteiger partial charge is 0.480 e. The number of hydrogen-bond acceptors (Lipinski definition) is 3. The van der Waals surface area contributed by atoms with E-state index in [1.165, 1.54) is 6.92 Å². The summed E-state index contributed by atoms with van der Waals surface area (Å²) in [5, 5.41) is 14.3. The number of carboxylic acids is 1. The van der Waals surface area contributed by atoms with Gasteiger partial charge in [0.15, 0.2) is 0 Å². The number of rotatable bonds is 8. The quantitative estimate of drug-likeness (QED) is 0.681. The van der Waals surface area contributed by atoms with Crippen molar-refractivity contribution in [2.75, 3.05) is 0 Å². The molecule has 6 nitrogen and oxygen atoms in total. The molecule has 1 atom stereocenters. The van der Waals surface area contributed by atoms with E-state index in [2.05, 4.69) is 10.6 Å². The summed E-state index contributed by atoms with van der Waals surface area (Å²) >= 11 is 0. The molecule has 0 aliphatic heterocycles. The van der Waals surface area contributed by atoms with Crippen molar-refractivity contribution in [2.45, 2.75) is 45.7 Å². The normalized spacial score (nSPS) is 11.5. The van der Waals surface area contributed by atoms with Gasteiger partial charge < -0.3 is 15.7 Å². The predicted octanol–water partition coefficient (Wildman–Crippen LogP) is 1.70. The Morgan fingerprint density at radius 1 is 1.18 bits per heavy atom. The molecule has 1 unspecified atom stereocenters. The Labute approximate surface area is 129 Å². The number of nitrogens with one attached hydrogen (secondary N) is 2. The molecule has 2 amide bonds. The van der Waals surface area contributed by atoms with Gasteiger partial charge in [-0.05, 0) is 24.1 Å². The van der Waals surface area contributed by atoms with Crippen molar-refractivity contribution in [1.29, 1.82) is 0 Å². The minimum atomic E-state index is -1.02. The van der Waals surface area contributed by atoms with Gasteiger partial charge in [0.2, 0.25) is 5.91 Å². The zero-order valence-corrected chi connectivity index (χ0v) is 12.9. The molecule has 0 fully saturated rings. The van der Waals surface area contributed by atoms with E-state index in [4.69, 9.17) is 5.11 Å². The monoisotopic (exact) mass is 306 g/mol. The van der Waals surface area contributed by atoms with Crippen LogP contribution in [0.15, 0.2) is 24.3 Å². The molecular weight excluding hydrogens is 284 g/mol. The summed E-state index contributed by atoms with van der Waals surface area (Å²) in [5.74, 6) is -1.55. The van der Waals surface area contributed by atoms with Gasteiger partial charge in [-0.15, -0.1) is 0 Å². The first-order valence-corrected chi connectivity index (χ1v) is 7.31. The highest BCUT2D eigenvalue weighted by Gasteiger charge is 2.19. The smallest absolute Gasteiger partial charge is 0.326 e. The van der Waals surface area contributed by atoms with E-state index in [9.17, 15) is 14.4 Å². The summed E-state index contributed by atoms with van der Waals surface area (Å²) in [4.78, 5) is 34.0. The van der Waals surface area contributed by atoms with Crippen LogP contribution >= 0.6 is 0 Å². The van der Waals surface area contributed by atoms with E-state index in [0.29, 0.717) is 18.5 Å². The second-order valence-corrected chi connectivity index (χ2v) is 5.11. The molecule has 0 saturated carbocycles. The predicted molar refractivity (Wildman–Crippen MR) is 82.4 cm³/mol. The zero-order chi connectivity index (χ0) is 16.5. The SMILES string of the molecule is CCCCC(NC(=O)c1ccc(CNC(C)=O)cc1)C(=O)O. The minimum absolute atomic E-state index is 0.123. The first-order chi connectivity index (χ1) is 10.4. The number of amides is 2. The molecule has 120 valence electrons. The Balaban J connectivity index is 2.64. The van der Waals surface area contributed by atoms with Crippen molar-refractivity contribution in [3.63, 3.8) is 0 Å². The van der Waals surface area contributed by atoms with Crippen molar-refractivity contribution in [3.8, 4) is 0 Å². The lowest BCUT2D eigenvalue weighted by atomic mass is 10.1. The van der Waals surface area contributed by atoms with E-state index in [0.717, 1.165) is 18.4 Å². The van der Waals surface area contributed by atoms with Gasteiger partial charge in [-0.2, -0.15) is 0 Å². The number of carbonyl (C=O) groups excluding carboxylic acids is 2. The first kappa shape index (κ1) is 17.7.